The molecule has 19 heavy (non-hydrogen) atoms. The molecule has 1 aromatic carbocycles. The third-order valence-corrected chi connectivity index (χ3v) is 3.80. The van der Waals surface area contributed by atoms with Crippen molar-refractivity contribution in [3.05, 3.63) is 30.3 Å². The average molecular weight is 261 g/mol. The molecule has 1 saturated heterocycles. The maximum atomic E-state index is 12.2. The predicted octanol–water partition coefficient (Wildman–Crippen LogP) is 0.777. The highest BCUT2D eigenvalue weighted by atomic mass is 16.5. The first-order valence-corrected chi connectivity index (χ1v) is 6.39. The van der Waals surface area contributed by atoms with Crippen molar-refractivity contribution in [2.75, 3.05) is 11.5 Å². The van der Waals surface area contributed by atoms with Gasteiger partial charge in [-0.2, -0.15) is 0 Å². The molecule has 100 valence electrons. The molecule has 2 aliphatic rings. The lowest BCUT2D eigenvalue weighted by atomic mass is 10.2. The molecule has 1 heterocycles. The van der Waals surface area contributed by atoms with Crippen LogP contribution in [0.5, 0.6) is 0 Å². The lowest BCUT2D eigenvalue weighted by Gasteiger charge is -2.24. The number of nitrogens with zero attached hydrogens (tertiary/aromatic N) is 1. The van der Waals surface area contributed by atoms with E-state index in [1.165, 1.54) is 4.90 Å². The fraction of sp³-hybridized carbons (Fsp3) is 0.429. The number of benzene rings is 1. The molecule has 5 heteroatoms. The minimum absolute atomic E-state index is 0.193. The number of carbonyl (C=O) groups is 2. The molecular weight excluding hydrogens is 246 g/mol. The van der Waals surface area contributed by atoms with Gasteiger partial charge in [0.05, 0.1) is 18.4 Å². The molecule has 0 radical (unpaired) electrons. The molecule has 1 N–H and O–H groups in total. The fourth-order valence-electron chi connectivity index (χ4n) is 2.90. The largest absolute Gasteiger partial charge is 0.466 e. The van der Waals surface area contributed by atoms with Gasteiger partial charge in [0.2, 0.25) is 5.91 Å². The third kappa shape index (κ3) is 1.73. The Kier molecular flexibility index (Phi) is 2.78. The van der Waals surface area contributed by atoms with Crippen molar-refractivity contribution >= 4 is 17.6 Å². The summed E-state index contributed by atoms with van der Waals surface area (Å²) in [7, 11) is 0. The van der Waals surface area contributed by atoms with Crippen molar-refractivity contribution in [1.29, 1.82) is 0 Å². The van der Waals surface area contributed by atoms with Crippen LogP contribution in [0.4, 0.5) is 5.69 Å². The first-order chi connectivity index (χ1) is 9.16. The second kappa shape index (κ2) is 4.35. The van der Waals surface area contributed by atoms with Gasteiger partial charge in [0.1, 0.15) is 6.23 Å². The van der Waals surface area contributed by atoms with E-state index < -0.39 is 18.1 Å². The average Bonchev–Trinajstić information content (AvgIpc) is 3.10. The number of hydrogen-bond acceptors (Lipinski definition) is 4. The summed E-state index contributed by atoms with van der Waals surface area (Å²) in [6.07, 6.45) is -0.936. The number of para-hydroxylation sites is 1. The number of hydrogen-bond donors (Lipinski definition) is 1. The topological polar surface area (TPSA) is 66.8 Å². The van der Waals surface area contributed by atoms with Crippen LogP contribution in [0.25, 0.3) is 0 Å². The number of piperidine rings is 1. The third-order valence-electron chi connectivity index (χ3n) is 3.80. The summed E-state index contributed by atoms with van der Waals surface area (Å²) in [6.45, 7) is 2.02. The zero-order valence-electron chi connectivity index (χ0n) is 10.5. The maximum Gasteiger partial charge on any atom is 0.310 e. The van der Waals surface area contributed by atoms with Crippen LogP contribution in [0.1, 0.15) is 6.92 Å². The van der Waals surface area contributed by atoms with Crippen molar-refractivity contribution in [2.24, 2.45) is 17.8 Å². The molecule has 0 aromatic heterocycles. The van der Waals surface area contributed by atoms with Crippen LogP contribution in [0.2, 0.25) is 0 Å². The van der Waals surface area contributed by atoms with Gasteiger partial charge in [0, 0.05) is 11.6 Å². The van der Waals surface area contributed by atoms with Crippen molar-refractivity contribution in [2.45, 2.75) is 13.2 Å². The molecule has 2 fully saturated rings. The van der Waals surface area contributed by atoms with Gasteiger partial charge in [-0.05, 0) is 19.1 Å². The Bertz CT molecular complexity index is 515. The molecule has 1 amide bonds. The molecule has 0 bridgehead atoms. The van der Waals surface area contributed by atoms with Crippen LogP contribution < -0.4 is 4.90 Å². The minimum Gasteiger partial charge on any atom is -0.466 e. The summed E-state index contributed by atoms with van der Waals surface area (Å²) in [5.74, 6) is -1.79. The van der Waals surface area contributed by atoms with E-state index >= 15 is 0 Å². The fourth-order valence-corrected chi connectivity index (χ4v) is 2.90. The van der Waals surface area contributed by atoms with Crippen LogP contribution >= 0.6 is 0 Å². The van der Waals surface area contributed by atoms with Crippen LogP contribution in [0, 0.1) is 17.8 Å². The normalized spacial score (nSPS) is 32.1. The summed E-state index contributed by atoms with van der Waals surface area (Å²) in [5, 5.41) is 10.2. The van der Waals surface area contributed by atoms with Gasteiger partial charge in [0.25, 0.3) is 0 Å². The lowest BCUT2D eigenvalue weighted by molar-refractivity contribution is -0.147. The number of aliphatic hydroxyl groups is 1. The number of rotatable bonds is 3. The van der Waals surface area contributed by atoms with Gasteiger partial charge >= 0.3 is 5.97 Å². The van der Waals surface area contributed by atoms with Crippen LogP contribution in [-0.2, 0) is 14.3 Å². The number of fused-ring (bicyclic) bond motifs is 1. The number of esters is 1. The molecule has 3 rings (SSSR count). The smallest absolute Gasteiger partial charge is 0.310 e. The Balaban J connectivity index is 1.79. The van der Waals surface area contributed by atoms with E-state index in [2.05, 4.69) is 0 Å². The lowest BCUT2D eigenvalue weighted by Crippen LogP contribution is -2.39. The number of amides is 1. The van der Waals surface area contributed by atoms with E-state index in [-0.39, 0.29) is 17.8 Å². The molecule has 0 unspecified atom stereocenters. The van der Waals surface area contributed by atoms with Crippen LogP contribution in [-0.4, -0.2) is 29.8 Å². The van der Waals surface area contributed by atoms with Gasteiger partial charge in [-0.1, -0.05) is 18.2 Å². The Hall–Kier alpha value is -1.88. The highest BCUT2D eigenvalue weighted by Gasteiger charge is 2.70. The monoisotopic (exact) mass is 261 g/mol. The molecule has 5 nitrogen and oxygen atoms in total. The maximum absolute atomic E-state index is 12.2. The van der Waals surface area contributed by atoms with Crippen LogP contribution in [0.3, 0.4) is 0 Å². The number of anilines is 1. The molecule has 1 aromatic rings. The van der Waals surface area contributed by atoms with Gasteiger partial charge < -0.3 is 9.84 Å². The Morgan fingerprint density at radius 1 is 1.37 bits per heavy atom. The van der Waals surface area contributed by atoms with Crippen molar-refractivity contribution in [3.8, 4) is 0 Å². The minimum atomic E-state index is -0.936. The second-order valence-electron chi connectivity index (χ2n) is 4.84. The Morgan fingerprint density at radius 3 is 2.58 bits per heavy atom. The number of aliphatic hydroxyl groups excluding tert-OH is 1. The summed E-state index contributed by atoms with van der Waals surface area (Å²) in [5.41, 5.74) is 0.662. The van der Waals surface area contributed by atoms with Gasteiger partial charge in [0.15, 0.2) is 0 Å². The molecule has 0 spiro atoms. The van der Waals surface area contributed by atoms with E-state index in [4.69, 9.17) is 4.74 Å². The summed E-state index contributed by atoms with van der Waals surface area (Å²) >= 11 is 0. The molecule has 1 aliphatic heterocycles. The molecule has 4 atom stereocenters. The summed E-state index contributed by atoms with van der Waals surface area (Å²) in [4.78, 5) is 25.3. The Morgan fingerprint density at radius 2 is 2.05 bits per heavy atom. The van der Waals surface area contributed by atoms with E-state index in [1.54, 1.807) is 19.1 Å². The standard InChI is InChI=1S/C14H15NO4/c1-2-19-14(18)11-9-10(11)13(17)15(12(9)16)8-6-4-3-5-7-8/h3-7,9-12,16H,2H2,1H3/t9-,10+,11+,12-/m1/s1. The van der Waals surface area contributed by atoms with Crippen molar-refractivity contribution in [1.82, 2.24) is 0 Å². The second-order valence-corrected chi connectivity index (χ2v) is 4.84. The summed E-state index contributed by atoms with van der Waals surface area (Å²) in [6, 6.07) is 9.00. The summed E-state index contributed by atoms with van der Waals surface area (Å²) < 4.78 is 4.92. The molecular formula is C14H15NO4. The zero-order valence-corrected chi connectivity index (χ0v) is 10.5. The zero-order chi connectivity index (χ0) is 13.6. The van der Waals surface area contributed by atoms with E-state index in [0.717, 1.165) is 0 Å². The molecule has 1 aliphatic carbocycles. The van der Waals surface area contributed by atoms with Crippen LogP contribution in [0.15, 0.2) is 30.3 Å². The first kappa shape index (κ1) is 12.2. The van der Waals surface area contributed by atoms with E-state index in [9.17, 15) is 14.7 Å². The number of carbonyl (C=O) groups excluding carboxylic acids is 2. The van der Waals surface area contributed by atoms with E-state index in [1.807, 2.05) is 18.2 Å². The van der Waals surface area contributed by atoms with Gasteiger partial charge in [-0.25, -0.2) is 0 Å². The highest BCUT2D eigenvalue weighted by Crippen LogP contribution is 2.56. The Labute approximate surface area is 110 Å². The quantitative estimate of drug-likeness (QED) is 0.816. The number of ether oxygens (including phenoxy) is 1. The van der Waals surface area contributed by atoms with Gasteiger partial charge in [-0.3, -0.25) is 14.5 Å². The SMILES string of the molecule is CCOC(=O)[C@@H]1[C@H]2C(=O)N(c3ccccc3)[C@H](O)[C@@H]12. The highest BCUT2D eigenvalue weighted by molar-refractivity contribution is 6.04. The van der Waals surface area contributed by atoms with Gasteiger partial charge in [-0.15, -0.1) is 0 Å². The van der Waals surface area contributed by atoms with E-state index in [0.29, 0.717) is 12.3 Å². The predicted molar refractivity (Wildman–Crippen MR) is 67.0 cm³/mol. The molecule has 1 saturated carbocycles. The van der Waals surface area contributed by atoms with Crippen molar-refractivity contribution < 1.29 is 19.4 Å². The van der Waals surface area contributed by atoms with Crippen molar-refractivity contribution in [3.63, 3.8) is 0 Å². The first-order valence-electron chi connectivity index (χ1n) is 6.39.